The van der Waals surface area contributed by atoms with Crippen molar-refractivity contribution in [1.82, 2.24) is 21.3 Å². The Bertz CT molecular complexity index is 2660. The van der Waals surface area contributed by atoms with Crippen molar-refractivity contribution >= 4 is 88.6 Å². The van der Waals surface area contributed by atoms with Gasteiger partial charge < -0.3 is 72.8 Å². The summed E-state index contributed by atoms with van der Waals surface area (Å²) in [5.74, 6) is -7.96. The van der Waals surface area contributed by atoms with Crippen molar-refractivity contribution in [2.75, 3.05) is 43.4 Å². The van der Waals surface area contributed by atoms with E-state index >= 15 is 0 Å². The number of aliphatic hydroxyl groups excluding tert-OH is 1. The molecule has 2 aromatic rings. The topological polar surface area (TPSA) is 456 Å². The predicted octanol–water partition coefficient (Wildman–Crippen LogP) is 6.37. The zero-order valence-corrected chi connectivity index (χ0v) is 49.6. The highest BCUT2D eigenvalue weighted by atomic mass is 16.4. The molecule has 0 unspecified atom stereocenters. The van der Waals surface area contributed by atoms with Crippen LogP contribution in [0.1, 0.15) is 125 Å². The molecule has 14 N–H and O–H groups in total. The molecule has 2 aromatic carbocycles. The zero-order chi connectivity index (χ0) is 68.0. The first-order valence-electron chi connectivity index (χ1n) is 26.3. The molecule has 0 bridgehead atoms. The standard InChI is InChI=1S/C12H21NO3.C11H11NO3.C10H9NO3.C10H17NO3.C7H11NO3.C6H9NO3.C4H6O3/c1-10(2)12(16)13-9-7-5-3-4-6-8-11(14)15;1-7(2)10(13)12-9-5-3-8(4-6-9)11(14)15;1-2-9(12)11-8-5-3-7(4-6-8)10(13)14;1-8(2)10(14)11-7-5-3-4-6-9(12)13;1-5(2)7(11)8-4-3-6(9)10;1-2-5(8)7-4-3-6(9)10;1-3(2-5)4(6)7/h1,3-9H2,2H3,(H,13,16)(H,14,15);3-6H,1H2,2H3,(H,12,13)(H,14,15);2-6H,1H2,(H,11,12)(H,13,14);1,3-7H2,2H3,(H,11,14)(H,12,13);1,3-4H2,2H3,(H,8,11)(H,9,10);2H,1,3-4H2,(H,7,8)(H,9,10);5H,1-2H2,(H,6,7). The minimum atomic E-state index is -1.15. The Hall–Kier alpha value is -10.3. The molecule has 480 valence electrons. The summed E-state index contributed by atoms with van der Waals surface area (Å²) in [5, 5.41) is 81.5. The largest absolute Gasteiger partial charge is 0.481 e. The SMILES string of the molecule is C=C(C)C(=O)NCCC(=O)O.C=C(C)C(=O)NCCCCCC(=O)O.C=C(C)C(=O)NCCCCCCCC(=O)O.C=C(C)C(=O)Nc1ccc(C(=O)O)cc1.C=C(CO)C(=O)O.C=CC(=O)NCCC(=O)O.C=CC(=O)Nc1ccc(C(=O)O)cc1. The van der Waals surface area contributed by atoms with Crippen LogP contribution in [0, 0.1) is 0 Å². The predicted molar refractivity (Wildman–Crippen MR) is 326 cm³/mol. The average molecular weight is 1230 g/mol. The molecule has 0 aliphatic carbocycles. The molecule has 27 nitrogen and oxygen atoms in total. The normalized spacial score (nSPS) is 9.16. The summed E-state index contributed by atoms with van der Waals surface area (Å²) in [7, 11) is 0. The molecular weight excluding hydrogens is 1140 g/mol. The van der Waals surface area contributed by atoms with Crippen molar-refractivity contribution in [1.29, 1.82) is 0 Å². The number of hydrogen-bond donors (Lipinski definition) is 14. The van der Waals surface area contributed by atoms with Gasteiger partial charge in [-0.2, -0.15) is 0 Å². The summed E-state index contributed by atoms with van der Waals surface area (Å²) < 4.78 is 0. The Labute approximate surface area is 505 Å². The molecule has 0 atom stereocenters. The Morgan fingerprint density at radius 1 is 0.379 bits per heavy atom. The molecule has 6 amide bonds. The Kier molecular flexibility index (Phi) is 52.7. The number of unbranched alkanes of at least 4 members (excludes halogenated alkanes) is 6. The van der Waals surface area contributed by atoms with Gasteiger partial charge in [0.2, 0.25) is 29.5 Å². The number of carboxylic acids is 7. The zero-order valence-electron chi connectivity index (χ0n) is 49.6. The van der Waals surface area contributed by atoms with Crippen molar-refractivity contribution in [2.24, 2.45) is 0 Å². The fourth-order valence-electron chi connectivity index (χ4n) is 4.90. The lowest BCUT2D eigenvalue weighted by Gasteiger charge is -2.04. The molecule has 0 heterocycles. The van der Waals surface area contributed by atoms with Crippen LogP contribution < -0.4 is 31.9 Å². The molecule has 0 aliphatic rings. The second kappa shape index (κ2) is 53.7. The lowest BCUT2D eigenvalue weighted by molar-refractivity contribution is -0.138. The number of aliphatic hydroxyl groups is 1. The van der Waals surface area contributed by atoms with E-state index < -0.39 is 48.4 Å². The smallest absolute Gasteiger partial charge is 0.335 e. The third-order valence-corrected chi connectivity index (χ3v) is 9.67. The quantitative estimate of drug-likeness (QED) is 0.0279. The number of hydrogen-bond acceptors (Lipinski definition) is 14. The van der Waals surface area contributed by atoms with Crippen molar-refractivity contribution in [3.63, 3.8) is 0 Å². The molecule has 0 saturated carbocycles. The number of aliphatic carboxylic acids is 5. The second-order valence-corrected chi connectivity index (χ2v) is 17.8. The van der Waals surface area contributed by atoms with E-state index in [1.54, 1.807) is 27.7 Å². The number of nitrogens with one attached hydrogen (secondary N) is 6. The summed E-state index contributed by atoms with van der Waals surface area (Å²) in [6.07, 6.45) is 9.56. The molecule has 87 heavy (non-hydrogen) atoms. The molecule has 27 heteroatoms. The molecular formula is C60H84N6O21. The van der Waals surface area contributed by atoms with Gasteiger partial charge in [-0.25, -0.2) is 14.4 Å². The second-order valence-electron chi connectivity index (χ2n) is 17.8. The maximum atomic E-state index is 11.2. The maximum absolute atomic E-state index is 11.2. The first-order valence-corrected chi connectivity index (χ1v) is 26.3. The van der Waals surface area contributed by atoms with E-state index in [0.29, 0.717) is 53.2 Å². The molecule has 0 saturated heterocycles. The number of benzene rings is 2. The van der Waals surface area contributed by atoms with E-state index in [-0.39, 0.29) is 90.9 Å². The monoisotopic (exact) mass is 1220 g/mol. The van der Waals surface area contributed by atoms with Gasteiger partial charge in [-0.15, -0.1) is 0 Å². The first-order chi connectivity index (χ1) is 40.6. The van der Waals surface area contributed by atoms with Gasteiger partial charge >= 0.3 is 41.8 Å². The van der Waals surface area contributed by atoms with Crippen LogP contribution in [0.25, 0.3) is 0 Å². The van der Waals surface area contributed by atoms with Gasteiger partial charge in [-0.1, -0.05) is 71.7 Å². The summed E-state index contributed by atoms with van der Waals surface area (Å²) in [6, 6.07) is 11.8. The van der Waals surface area contributed by atoms with Crippen LogP contribution >= 0.6 is 0 Å². The van der Waals surface area contributed by atoms with Crippen LogP contribution in [0.3, 0.4) is 0 Å². The number of anilines is 2. The summed E-state index contributed by atoms with van der Waals surface area (Å²) >= 11 is 0. The van der Waals surface area contributed by atoms with Gasteiger partial charge in [-0.05, 0) is 114 Å². The van der Waals surface area contributed by atoms with Gasteiger partial charge in [0, 0.05) is 72.7 Å². The van der Waals surface area contributed by atoms with Crippen LogP contribution in [-0.2, 0) is 52.7 Å². The molecule has 0 aromatic heterocycles. The van der Waals surface area contributed by atoms with Crippen LogP contribution in [-0.4, -0.2) is 151 Å². The number of carbonyl (C=O) groups excluding carboxylic acids is 6. The average Bonchev–Trinajstić information content (AvgIpc) is 3.61. The van der Waals surface area contributed by atoms with Crippen molar-refractivity contribution in [3.8, 4) is 0 Å². The molecule has 0 fully saturated rings. The highest BCUT2D eigenvalue weighted by molar-refractivity contribution is 6.03. The van der Waals surface area contributed by atoms with Crippen LogP contribution in [0.2, 0.25) is 0 Å². The van der Waals surface area contributed by atoms with Gasteiger partial charge in [0.1, 0.15) is 0 Å². The van der Waals surface area contributed by atoms with Crippen molar-refractivity contribution < 1.29 is 103 Å². The summed E-state index contributed by atoms with van der Waals surface area (Å²) in [6.45, 7) is 31.0. The van der Waals surface area contributed by atoms with Crippen molar-refractivity contribution in [2.45, 2.75) is 105 Å². The number of carboxylic acid groups (broad SMARTS) is 7. The van der Waals surface area contributed by atoms with Gasteiger partial charge in [0.15, 0.2) is 0 Å². The summed E-state index contributed by atoms with van der Waals surface area (Å²) in [5.41, 5.74) is 3.09. The molecule has 0 aliphatic heterocycles. The van der Waals surface area contributed by atoms with E-state index in [1.165, 1.54) is 48.5 Å². The number of carbonyl (C=O) groups is 13. The number of amides is 6. The van der Waals surface area contributed by atoms with Crippen LogP contribution in [0.15, 0.2) is 135 Å². The number of aromatic carboxylic acids is 2. The minimum Gasteiger partial charge on any atom is -0.481 e. The van der Waals surface area contributed by atoms with E-state index in [1.807, 2.05) is 0 Å². The fraction of sp³-hybridized carbons (Fsp3) is 0.350. The van der Waals surface area contributed by atoms with Crippen LogP contribution in [0.4, 0.5) is 11.4 Å². The van der Waals surface area contributed by atoms with Crippen molar-refractivity contribution in [3.05, 3.63) is 146 Å². The first kappa shape index (κ1) is 85.5. The van der Waals surface area contributed by atoms with E-state index in [4.69, 9.17) is 40.9 Å². The Balaban J connectivity index is -0.000000304. The highest BCUT2D eigenvalue weighted by Gasteiger charge is 2.07. The minimum absolute atomic E-state index is 0.0560. The summed E-state index contributed by atoms with van der Waals surface area (Å²) in [4.78, 5) is 136. The molecule has 2 rings (SSSR count). The molecule has 0 radical (unpaired) electrons. The fourth-order valence-corrected chi connectivity index (χ4v) is 4.90. The highest BCUT2D eigenvalue weighted by Crippen LogP contribution is 2.11. The van der Waals surface area contributed by atoms with E-state index in [9.17, 15) is 62.3 Å². The van der Waals surface area contributed by atoms with E-state index in [0.717, 1.165) is 57.1 Å². The van der Waals surface area contributed by atoms with E-state index in [2.05, 4.69) is 78.0 Å². The molecule has 0 spiro atoms. The maximum Gasteiger partial charge on any atom is 0.335 e. The Morgan fingerprint density at radius 2 is 0.678 bits per heavy atom. The lowest BCUT2D eigenvalue weighted by Crippen LogP contribution is -2.26. The lowest BCUT2D eigenvalue weighted by atomic mass is 10.1. The van der Waals surface area contributed by atoms with Gasteiger partial charge in [0.05, 0.1) is 36.1 Å². The third kappa shape index (κ3) is 58.7. The van der Waals surface area contributed by atoms with Gasteiger partial charge in [-0.3, -0.25) is 47.9 Å². The third-order valence-electron chi connectivity index (χ3n) is 9.67. The number of rotatable bonds is 32. The van der Waals surface area contributed by atoms with Crippen LogP contribution in [0.5, 0.6) is 0 Å². The van der Waals surface area contributed by atoms with Gasteiger partial charge in [0.25, 0.3) is 5.91 Å². The Morgan fingerprint density at radius 3 is 0.966 bits per heavy atom.